The highest BCUT2D eigenvalue weighted by atomic mass is 16.1. The van der Waals surface area contributed by atoms with Crippen molar-refractivity contribution in [3.63, 3.8) is 0 Å². The van der Waals surface area contributed by atoms with Crippen LogP contribution < -0.4 is 0 Å². The van der Waals surface area contributed by atoms with E-state index in [4.69, 9.17) is 0 Å². The zero-order chi connectivity index (χ0) is 9.84. The molecule has 0 bridgehead atoms. The minimum atomic E-state index is 0.283. The molecule has 0 aromatic heterocycles. The van der Waals surface area contributed by atoms with Crippen molar-refractivity contribution >= 4 is 5.78 Å². The highest BCUT2D eigenvalue weighted by Crippen LogP contribution is 2.27. The van der Waals surface area contributed by atoms with E-state index in [1.54, 1.807) is 6.08 Å². The number of allylic oxidation sites excluding steroid dienone is 4. The second-order valence-corrected chi connectivity index (χ2v) is 3.73. The maximum atomic E-state index is 11.4. The number of hydrogen-bond acceptors (Lipinski definition) is 1. The fourth-order valence-corrected chi connectivity index (χ4v) is 1.72. The molecule has 0 radical (unpaired) electrons. The molecule has 70 valence electrons. The molecule has 1 nitrogen and oxygen atoms in total. The van der Waals surface area contributed by atoms with E-state index in [1.807, 2.05) is 6.92 Å². The Bertz CT molecular complexity index is 271. The Labute approximate surface area is 79.8 Å². The fourth-order valence-electron chi connectivity index (χ4n) is 1.72. The van der Waals surface area contributed by atoms with Gasteiger partial charge in [-0.1, -0.05) is 17.7 Å². The average Bonchev–Trinajstić information content (AvgIpc) is 2.31. The second-order valence-electron chi connectivity index (χ2n) is 3.73. The highest BCUT2D eigenvalue weighted by molar-refractivity contribution is 5.98. The van der Waals surface area contributed by atoms with Crippen LogP contribution in [0.5, 0.6) is 0 Å². The van der Waals surface area contributed by atoms with Crippen LogP contribution in [-0.4, -0.2) is 5.78 Å². The molecular formula is C12H16O. The Morgan fingerprint density at radius 2 is 2.46 bits per heavy atom. The Morgan fingerprint density at radius 1 is 1.77 bits per heavy atom. The van der Waals surface area contributed by atoms with Crippen LogP contribution in [0.4, 0.5) is 0 Å². The number of hydrogen-bond donors (Lipinski definition) is 0. The summed E-state index contributed by atoms with van der Waals surface area (Å²) in [6.07, 6.45) is 6.18. The molecule has 13 heavy (non-hydrogen) atoms. The van der Waals surface area contributed by atoms with Crippen LogP contribution in [-0.2, 0) is 4.79 Å². The van der Waals surface area contributed by atoms with E-state index < -0.39 is 0 Å². The summed E-state index contributed by atoms with van der Waals surface area (Å²) in [4.78, 5) is 11.4. The first-order chi connectivity index (χ1) is 6.13. The molecule has 0 heterocycles. The Hall–Kier alpha value is -1.11. The quantitative estimate of drug-likeness (QED) is 0.602. The number of carbonyl (C=O) groups is 1. The number of ketones is 1. The SMILES string of the molecule is C=CCC1=CC(CC(=C)C)CC1=O. The third-order valence-corrected chi connectivity index (χ3v) is 2.22. The van der Waals surface area contributed by atoms with Gasteiger partial charge in [-0.2, -0.15) is 0 Å². The zero-order valence-corrected chi connectivity index (χ0v) is 8.18. The van der Waals surface area contributed by atoms with Crippen LogP contribution in [0.1, 0.15) is 26.2 Å². The first kappa shape index (κ1) is 9.97. The van der Waals surface area contributed by atoms with E-state index in [2.05, 4.69) is 19.2 Å². The predicted molar refractivity (Wildman–Crippen MR) is 55.4 cm³/mol. The third kappa shape index (κ3) is 2.69. The summed E-state index contributed by atoms with van der Waals surface area (Å²) < 4.78 is 0. The van der Waals surface area contributed by atoms with Crippen LogP contribution in [0.3, 0.4) is 0 Å². The van der Waals surface area contributed by atoms with E-state index in [0.717, 1.165) is 17.6 Å². The Morgan fingerprint density at radius 3 is 3.00 bits per heavy atom. The highest BCUT2D eigenvalue weighted by Gasteiger charge is 2.22. The molecule has 0 fully saturated rings. The van der Waals surface area contributed by atoms with Gasteiger partial charge in [0.25, 0.3) is 0 Å². The standard InChI is InChI=1S/C12H16O/c1-4-5-11-7-10(6-9(2)3)8-12(11)13/h4,7,10H,1-2,5-6,8H2,3H3. The van der Waals surface area contributed by atoms with E-state index in [1.165, 1.54) is 0 Å². The van der Waals surface area contributed by atoms with Crippen molar-refractivity contribution in [1.82, 2.24) is 0 Å². The van der Waals surface area contributed by atoms with Gasteiger partial charge in [0.2, 0.25) is 0 Å². The summed E-state index contributed by atoms with van der Waals surface area (Å²) in [5, 5.41) is 0. The maximum Gasteiger partial charge on any atom is 0.159 e. The van der Waals surface area contributed by atoms with E-state index in [9.17, 15) is 4.79 Å². The Balaban J connectivity index is 2.60. The Kier molecular flexibility index (Phi) is 3.24. The molecular weight excluding hydrogens is 160 g/mol. The molecule has 0 aromatic rings. The summed E-state index contributed by atoms with van der Waals surface area (Å²) in [6.45, 7) is 9.49. The molecule has 1 aliphatic carbocycles. The minimum absolute atomic E-state index is 0.283. The summed E-state index contributed by atoms with van der Waals surface area (Å²) in [5.74, 6) is 0.672. The summed E-state index contributed by atoms with van der Waals surface area (Å²) in [6, 6.07) is 0. The van der Waals surface area contributed by atoms with Crippen molar-refractivity contribution in [2.24, 2.45) is 5.92 Å². The lowest BCUT2D eigenvalue weighted by Crippen LogP contribution is -1.98. The topological polar surface area (TPSA) is 17.1 Å². The molecule has 1 aliphatic rings. The van der Waals surface area contributed by atoms with E-state index >= 15 is 0 Å². The van der Waals surface area contributed by atoms with Crippen molar-refractivity contribution in [2.45, 2.75) is 26.2 Å². The molecule has 0 amide bonds. The van der Waals surface area contributed by atoms with E-state index in [0.29, 0.717) is 18.8 Å². The lowest BCUT2D eigenvalue weighted by atomic mass is 10.0. The molecule has 0 aromatic carbocycles. The molecule has 1 rings (SSSR count). The molecule has 0 aliphatic heterocycles. The fraction of sp³-hybridized carbons (Fsp3) is 0.417. The molecule has 0 saturated carbocycles. The van der Waals surface area contributed by atoms with Gasteiger partial charge in [0.15, 0.2) is 5.78 Å². The van der Waals surface area contributed by atoms with Crippen LogP contribution in [0, 0.1) is 5.92 Å². The molecule has 0 spiro atoms. The van der Waals surface area contributed by atoms with Crippen molar-refractivity contribution in [1.29, 1.82) is 0 Å². The van der Waals surface area contributed by atoms with Gasteiger partial charge in [0.05, 0.1) is 0 Å². The zero-order valence-electron chi connectivity index (χ0n) is 8.18. The van der Waals surface area contributed by atoms with Gasteiger partial charge in [-0.05, 0) is 31.3 Å². The van der Waals surface area contributed by atoms with Crippen molar-refractivity contribution in [2.75, 3.05) is 0 Å². The monoisotopic (exact) mass is 176 g/mol. The van der Waals surface area contributed by atoms with Gasteiger partial charge < -0.3 is 0 Å². The number of Topliss-reactive ketones (excluding diaryl/α,β-unsaturated/α-hetero) is 1. The summed E-state index contributed by atoms with van der Waals surface area (Å²) in [7, 11) is 0. The summed E-state index contributed by atoms with van der Waals surface area (Å²) in [5.41, 5.74) is 2.08. The van der Waals surface area contributed by atoms with Crippen LogP contribution >= 0.6 is 0 Å². The van der Waals surface area contributed by atoms with Gasteiger partial charge in [-0.25, -0.2) is 0 Å². The lowest BCUT2D eigenvalue weighted by molar-refractivity contribution is -0.115. The normalized spacial score (nSPS) is 21.5. The first-order valence-electron chi connectivity index (χ1n) is 4.62. The van der Waals surface area contributed by atoms with Crippen LogP contribution in [0.15, 0.2) is 36.5 Å². The molecule has 0 saturated heterocycles. The van der Waals surface area contributed by atoms with Crippen molar-refractivity contribution in [3.8, 4) is 0 Å². The van der Waals surface area contributed by atoms with Gasteiger partial charge >= 0.3 is 0 Å². The third-order valence-electron chi connectivity index (χ3n) is 2.22. The van der Waals surface area contributed by atoms with Crippen LogP contribution in [0.2, 0.25) is 0 Å². The van der Waals surface area contributed by atoms with Gasteiger partial charge in [-0.15, -0.1) is 13.2 Å². The molecule has 1 atom stereocenters. The maximum absolute atomic E-state index is 11.4. The van der Waals surface area contributed by atoms with Crippen molar-refractivity contribution in [3.05, 3.63) is 36.5 Å². The molecule has 1 heteroatoms. The molecule has 0 N–H and O–H groups in total. The first-order valence-corrected chi connectivity index (χ1v) is 4.62. The largest absolute Gasteiger partial charge is 0.295 e. The number of carbonyl (C=O) groups excluding carboxylic acids is 1. The molecule has 1 unspecified atom stereocenters. The minimum Gasteiger partial charge on any atom is -0.295 e. The predicted octanol–water partition coefficient (Wildman–Crippen LogP) is 3.04. The van der Waals surface area contributed by atoms with Gasteiger partial charge in [-0.3, -0.25) is 4.79 Å². The summed E-state index contributed by atoms with van der Waals surface area (Å²) >= 11 is 0. The van der Waals surface area contributed by atoms with Gasteiger partial charge in [0, 0.05) is 6.42 Å². The number of rotatable bonds is 4. The second kappa shape index (κ2) is 4.22. The lowest BCUT2D eigenvalue weighted by Gasteiger charge is -2.03. The van der Waals surface area contributed by atoms with Crippen LogP contribution in [0.25, 0.3) is 0 Å². The average molecular weight is 176 g/mol. The van der Waals surface area contributed by atoms with E-state index in [-0.39, 0.29) is 5.78 Å². The smallest absolute Gasteiger partial charge is 0.159 e. The van der Waals surface area contributed by atoms with Gasteiger partial charge in [0.1, 0.15) is 0 Å². The van der Waals surface area contributed by atoms with Crippen molar-refractivity contribution < 1.29 is 4.79 Å².